The quantitative estimate of drug-likeness (QED) is 0.750. The molecule has 0 aromatic heterocycles. The Kier molecular flexibility index (Phi) is 3.11. The van der Waals surface area contributed by atoms with Crippen molar-refractivity contribution in [1.29, 1.82) is 0 Å². The number of carbonyl (C=O) groups is 2. The minimum absolute atomic E-state index is 0.196. The third-order valence-electron chi connectivity index (χ3n) is 3.52. The summed E-state index contributed by atoms with van der Waals surface area (Å²) in [4.78, 5) is 25.6. The number of benzene rings is 1. The van der Waals surface area contributed by atoms with Gasteiger partial charge in [-0.15, -0.1) is 0 Å². The van der Waals surface area contributed by atoms with Gasteiger partial charge in [0.1, 0.15) is 0 Å². The molecule has 0 bridgehead atoms. The molecule has 0 spiro atoms. The molecule has 1 aliphatic heterocycles. The molecule has 1 heterocycles. The second-order valence-corrected chi connectivity index (χ2v) is 4.89. The molecule has 4 nitrogen and oxygen atoms in total. The van der Waals surface area contributed by atoms with E-state index >= 15 is 0 Å². The number of esters is 1. The van der Waals surface area contributed by atoms with Crippen molar-refractivity contribution >= 4 is 17.4 Å². The van der Waals surface area contributed by atoms with Gasteiger partial charge in [-0.1, -0.05) is 12.1 Å². The Morgan fingerprint density at radius 1 is 1.33 bits per heavy atom. The van der Waals surface area contributed by atoms with E-state index in [2.05, 4.69) is 0 Å². The Balaban J connectivity index is 2.46. The van der Waals surface area contributed by atoms with Crippen molar-refractivity contribution in [3.8, 4) is 0 Å². The van der Waals surface area contributed by atoms with Crippen molar-refractivity contribution < 1.29 is 14.3 Å². The first kappa shape index (κ1) is 12.6. The molecular weight excluding hydrogens is 230 g/mol. The lowest BCUT2D eigenvalue weighted by Gasteiger charge is -2.33. The van der Waals surface area contributed by atoms with Crippen molar-refractivity contribution in [3.63, 3.8) is 0 Å². The van der Waals surface area contributed by atoms with Gasteiger partial charge in [0.05, 0.1) is 23.9 Å². The molecule has 0 aliphatic carbocycles. The minimum Gasteiger partial charge on any atom is -0.465 e. The minimum atomic E-state index is -0.565. The Morgan fingerprint density at radius 2 is 2.00 bits per heavy atom. The van der Waals surface area contributed by atoms with Gasteiger partial charge >= 0.3 is 5.97 Å². The van der Waals surface area contributed by atoms with Crippen LogP contribution in [-0.4, -0.2) is 30.9 Å². The highest BCUT2D eigenvalue weighted by molar-refractivity contribution is 6.00. The molecule has 1 saturated heterocycles. The van der Waals surface area contributed by atoms with Crippen LogP contribution in [0.4, 0.5) is 5.69 Å². The highest BCUT2D eigenvalue weighted by Gasteiger charge is 2.41. The third-order valence-corrected chi connectivity index (χ3v) is 3.52. The van der Waals surface area contributed by atoms with Gasteiger partial charge in [-0.05, 0) is 26.0 Å². The molecule has 4 heteroatoms. The van der Waals surface area contributed by atoms with Crippen LogP contribution < -0.4 is 4.90 Å². The smallest absolute Gasteiger partial charge is 0.339 e. The Morgan fingerprint density at radius 3 is 2.56 bits per heavy atom. The van der Waals surface area contributed by atoms with Crippen LogP contribution in [0.15, 0.2) is 24.3 Å². The summed E-state index contributed by atoms with van der Waals surface area (Å²) in [6, 6.07) is 7.23. The Hall–Kier alpha value is -1.84. The zero-order chi connectivity index (χ0) is 13.3. The summed E-state index contributed by atoms with van der Waals surface area (Å²) in [5, 5.41) is 0. The zero-order valence-corrected chi connectivity index (χ0v) is 10.9. The SMILES string of the molecule is COC(=O)c1ccccc1N1CCC(=O)C1(C)C. The lowest BCUT2D eigenvalue weighted by atomic mass is 9.99. The van der Waals surface area contributed by atoms with Gasteiger partial charge in [-0.3, -0.25) is 4.79 Å². The largest absolute Gasteiger partial charge is 0.465 e. The first-order valence-electron chi connectivity index (χ1n) is 5.96. The average molecular weight is 247 g/mol. The first-order valence-corrected chi connectivity index (χ1v) is 5.96. The van der Waals surface area contributed by atoms with Crippen LogP contribution in [0.2, 0.25) is 0 Å². The first-order chi connectivity index (χ1) is 8.48. The molecule has 18 heavy (non-hydrogen) atoms. The summed E-state index contributed by atoms with van der Waals surface area (Å²) >= 11 is 0. The molecule has 0 atom stereocenters. The fourth-order valence-corrected chi connectivity index (χ4v) is 2.36. The van der Waals surface area contributed by atoms with E-state index in [0.29, 0.717) is 18.5 Å². The number of nitrogens with zero attached hydrogens (tertiary/aromatic N) is 1. The van der Waals surface area contributed by atoms with E-state index < -0.39 is 5.54 Å². The monoisotopic (exact) mass is 247 g/mol. The van der Waals surface area contributed by atoms with Gasteiger partial charge in [0.25, 0.3) is 0 Å². The van der Waals surface area contributed by atoms with E-state index in [4.69, 9.17) is 4.74 Å². The van der Waals surface area contributed by atoms with E-state index in [0.717, 1.165) is 5.69 Å². The summed E-state index contributed by atoms with van der Waals surface area (Å²) in [6.45, 7) is 4.41. The number of hydrogen-bond acceptors (Lipinski definition) is 4. The second-order valence-electron chi connectivity index (χ2n) is 4.89. The Bertz CT molecular complexity index is 494. The number of anilines is 1. The van der Waals surface area contributed by atoms with Crippen molar-refractivity contribution in [2.45, 2.75) is 25.8 Å². The molecule has 0 radical (unpaired) electrons. The number of hydrogen-bond donors (Lipinski definition) is 0. The molecule has 0 saturated carbocycles. The molecule has 2 rings (SSSR count). The predicted octanol–water partition coefficient (Wildman–Crippen LogP) is 2.03. The van der Waals surface area contributed by atoms with Crippen LogP contribution in [-0.2, 0) is 9.53 Å². The van der Waals surface area contributed by atoms with E-state index in [1.807, 2.05) is 30.9 Å². The number of ketones is 1. The number of methoxy groups -OCH3 is 1. The van der Waals surface area contributed by atoms with Gasteiger partial charge < -0.3 is 9.64 Å². The van der Waals surface area contributed by atoms with Gasteiger partial charge in [-0.2, -0.15) is 0 Å². The van der Waals surface area contributed by atoms with Gasteiger partial charge in [-0.25, -0.2) is 4.79 Å². The van der Waals surface area contributed by atoms with Crippen LogP contribution in [0.1, 0.15) is 30.6 Å². The lowest BCUT2D eigenvalue weighted by Crippen LogP contribution is -2.43. The van der Waals surface area contributed by atoms with Crippen LogP contribution in [0.25, 0.3) is 0 Å². The van der Waals surface area contributed by atoms with E-state index in [9.17, 15) is 9.59 Å². The molecule has 1 aromatic rings. The fraction of sp³-hybridized carbons (Fsp3) is 0.429. The average Bonchev–Trinajstić information content (AvgIpc) is 2.63. The van der Waals surface area contributed by atoms with Gasteiger partial charge in [0.2, 0.25) is 0 Å². The Labute approximate surface area is 107 Å². The predicted molar refractivity (Wildman–Crippen MR) is 68.8 cm³/mol. The number of Topliss-reactive ketones (excluding diaryl/α,β-unsaturated/α-hetero) is 1. The lowest BCUT2D eigenvalue weighted by molar-refractivity contribution is -0.120. The fourth-order valence-electron chi connectivity index (χ4n) is 2.36. The maximum Gasteiger partial charge on any atom is 0.339 e. The standard InChI is InChI=1S/C14H17NO3/c1-14(2)12(16)8-9-15(14)11-7-5-4-6-10(11)13(17)18-3/h4-7H,8-9H2,1-3H3. The van der Waals surface area contributed by atoms with Gasteiger partial charge in [0, 0.05) is 13.0 Å². The van der Waals surface area contributed by atoms with E-state index in [1.165, 1.54) is 7.11 Å². The van der Waals surface area contributed by atoms with Crippen LogP contribution in [0, 0.1) is 0 Å². The highest BCUT2D eigenvalue weighted by Crippen LogP contribution is 2.33. The maximum atomic E-state index is 11.9. The summed E-state index contributed by atoms with van der Waals surface area (Å²) < 4.78 is 4.78. The highest BCUT2D eigenvalue weighted by atomic mass is 16.5. The number of carbonyl (C=O) groups excluding carboxylic acids is 2. The molecule has 1 aliphatic rings. The molecule has 0 amide bonds. The number of rotatable bonds is 2. The number of ether oxygens (including phenoxy) is 1. The molecule has 0 N–H and O–H groups in total. The molecular formula is C14H17NO3. The summed E-state index contributed by atoms with van der Waals surface area (Å²) in [5.41, 5.74) is 0.701. The van der Waals surface area contributed by atoms with Crippen molar-refractivity contribution in [1.82, 2.24) is 0 Å². The molecule has 0 unspecified atom stereocenters. The summed E-state index contributed by atoms with van der Waals surface area (Å²) in [5.74, 6) is -0.178. The van der Waals surface area contributed by atoms with Crippen molar-refractivity contribution in [3.05, 3.63) is 29.8 Å². The van der Waals surface area contributed by atoms with Gasteiger partial charge in [0.15, 0.2) is 5.78 Å². The van der Waals surface area contributed by atoms with Crippen molar-refractivity contribution in [2.75, 3.05) is 18.6 Å². The normalized spacial score (nSPS) is 17.9. The van der Waals surface area contributed by atoms with Crippen LogP contribution >= 0.6 is 0 Å². The molecule has 1 aromatic carbocycles. The van der Waals surface area contributed by atoms with E-state index in [-0.39, 0.29) is 11.8 Å². The summed E-state index contributed by atoms with van der Waals surface area (Å²) in [6.07, 6.45) is 0.516. The van der Waals surface area contributed by atoms with E-state index in [1.54, 1.807) is 12.1 Å². The second kappa shape index (κ2) is 4.44. The number of para-hydroxylation sites is 1. The van der Waals surface area contributed by atoms with Crippen molar-refractivity contribution in [2.24, 2.45) is 0 Å². The molecule has 96 valence electrons. The zero-order valence-electron chi connectivity index (χ0n) is 10.9. The molecule has 1 fully saturated rings. The van der Waals surface area contributed by atoms with Crippen LogP contribution in [0.5, 0.6) is 0 Å². The topological polar surface area (TPSA) is 46.6 Å². The summed E-state index contributed by atoms with van der Waals surface area (Å²) in [7, 11) is 1.36. The van der Waals surface area contributed by atoms with Crippen LogP contribution in [0.3, 0.4) is 0 Å². The third kappa shape index (κ3) is 1.88. The maximum absolute atomic E-state index is 11.9.